The summed E-state index contributed by atoms with van der Waals surface area (Å²) in [5.74, 6) is 0. The first-order chi connectivity index (χ1) is 8.41. The van der Waals surface area contributed by atoms with Gasteiger partial charge in [-0.25, -0.2) is 4.68 Å². The summed E-state index contributed by atoms with van der Waals surface area (Å²) in [6.45, 7) is 1.79. The topological polar surface area (TPSA) is 41.6 Å². The average Bonchev–Trinajstić information content (AvgIpc) is 2.74. The van der Waals surface area contributed by atoms with E-state index in [1.165, 1.54) is 16.8 Å². The van der Waals surface area contributed by atoms with Gasteiger partial charge in [0.25, 0.3) is 0 Å². The summed E-state index contributed by atoms with van der Waals surface area (Å²) < 4.78 is 39.6. The SMILES string of the molecule is Cc1cnn(-c2ccc(C#N)c(C(F)(F)F)c2)c1. The number of hydrogen-bond donors (Lipinski definition) is 0. The summed E-state index contributed by atoms with van der Waals surface area (Å²) in [5, 5.41) is 12.6. The van der Waals surface area contributed by atoms with E-state index in [1.807, 2.05) is 0 Å². The molecule has 0 bridgehead atoms. The standard InChI is InChI=1S/C12H8F3N3/c1-8-6-17-18(7-8)10-3-2-9(5-16)11(4-10)12(13,14)15/h2-4,6-7H,1H3. The molecular weight excluding hydrogens is 243 g/mol. The van der Waals surface area contributed by atoms with Crippen LogP contribution in [0.3, 0.4) is 0 Å². The van der Waals surface area contributed by atoms with Crippen LogP contribution in [-0.4, -0.2) is 9.78 Å². The molecule has 3 nitrogen and oxygen atoms in total. The highest BCUT2D eigenvalue weighted by molar-refractivity contribution is 5.47. The number of hydrogen-bond acceptors (Lipinski definition) is 2. The summed E-state index contributed by atoms with van der Waals surface area (Å²) in [5.41, 5.74) is -0.229. The molecule has 0 spiro atoms. The smallest absolute Gasteiger partial charge is 0.241 e. The monoisotopic (exact) mass is 251 g/mol. The maximum Gasteiger partial charge on any atom is 0.417 e. The van der Waals surface area contributed by atoms with Crippen molar-refractivity contribution in [3.63, 3.8) is 0 Å². The van der Waals surface area contributed by atoms with Gasteiger partial charge < -0.3 is 0 Å². The van der Waals surface area contributed by atoms with Crippen LogP contribution in [0.1, 0.15) is 16.7 Å². The van der Waals surface area contributed by atoms with Crippen molar-refractivity contribution in [1.29, 1.82) is 5.26 Å². The predicted octanol–water partition coefficient (Wildman–Crippen LogP) is 3.07. The fourth-order valence-corrected chi connectivity index (χ4v) is 1.56. The highest BCUT2D eigenvalue weighted by Crippen LogP contribution is 2.33. The summed E-state index contributed by atoms with van der Waals surface area (Å²) in [6, 6.07) is 5.04. The van der Waals surface area contributed by atoms with E-state index >= 15 is 0 Å². The van der Waals surface area contributed by atoms with Gasteiger partial charge in [0.05, 0.1) is 29.1 Å². The molecule has 0 N–H and O–H groups in total. The van der Waals surface area contributed by atoms with Crippen LogP contribution in [-0.2, 0) is 6.18 Å². The van der Waals surface area contributed by atoms with Gasteiger partial charge in [-0.2, -0.15) is 23.5 Å². The number of alkyl halides is 3. The van der Waals surface area contributed by atoms with E-state index in [9.17, 15) is 13.2 Å². The van der Waals surface area contributed by atoms with E-state index in [0.717, 1.165) is 17.7 Å². The number of rotatable bonds is 1. The molecule has 0 aliphatic carbocycles. The molecule has 0 radical (unpaired) electrons. The molecule has 1 aromatic carbocycles. The highest BCUT2D eigenvalue weighted by atomic mass is 19.4. The summed E-state index contributed by atoms with van der Waals surface area (Å²) in [7, 11) is 0. The molecule has 0 saturated carbocycles. The third-order valence-electron chi connectivity index (χ3n) is 2.41. The Morgan fingerprint density at radius 2 is 2.06 bits per heavy atom. The van der Waals surface area contributed by atoms with Gasteiger partial charge in [0.1, 0.15) is 0 Å². The lowest BCUT2D eigenvalue weighted by atomic mass is 10.1. The normalized spacial score (nSPS) is 11.3. The van der Waals surface area contributed by atoms with E-state index in [-0.39, 0.29) is 5.69 Å². The van der Waals surface area contributed by atoms with Crippen molar-refractivity contribution < 1.29 is 13.2 Å². The van der Waals surface area contributed by atoms with Gasteiger partial charge >= 0.3 is 6.18 Å². The van der Waals surface area contributed by atoms with Crippen LogP contribution in [0.5, 0.6) is 0 Å². The van der Waals surface area contributed by atoms with Crippen LogP contribution in [0.4, 0.5) is 13.2 Å². The third kappa shape index (κ3) is 2.20. The zero-order chi connectivity index (χ0) is 13.3. The molecule has 1 heterocycles. The van der Waals surface area contributed by atoms with Crippen LogP contribution in [0.2, 0.25) is 0 Å². The van der Waals surface area contributed by atoms with Crippen LogP contribution in [0, 0.1) is 18.3 Å². The van der Waals surface area contributed by atoms with E-state index in [0.29, 0.717) is 0 Å². The lowest BCUT2D eigenvalue weighted by molar-refractivity contribution is -0.137. The Balaban J connectivity index is 2.57. The molecule has 18 heavy (non-hydrogen) atoms. The van der Waals surface area contributed by atoms with Gasteiger partial charge in [-0.1, -0.05) is 0 Å². The van der Waals surface area contributed by atoms with E-state index in [1.54, 1.807) is 19.3 Å². The molecule has 2 aromatic rings. The van der Waals surface area contributed by atoms with Crippen LogP contribution < -0.4 is 0 Å². The summed E-state index contributed by atoms with van der Waals surface area (Å²) >= 11 is 0. The van der Waals surface area contributed by atoms with E-state index in [2.05, 4.69) is 5.10 Å². The molecular formula is C12H8F3N3. The second-order valence-electron chi connectivity index (χ2n) is 3.80. The van der Waals surface area contributed by atoms with Gasteiger partial charge in [0.2, 0.25) is 0 Å². The lowest BCUT2D eigenvalue weighted by Gasteiger charge is -2.10. The number of benzene rings is 1. The van der Waals surface area contributed by atoms with Crippen LogP contribution in [0.15, 0.2) is 30.6 Å². The van der Waals surface area contributed by atoms with E-state index in [4.69, 9.17) is 5.26 Å². The Bertz CT molecular complexity index is 620. The molecule has 0 fully saturated rings. The zero-order valence-corrected chi connectivity index (χ0v) is 9.36. The molecule has 0 unspecified atom stereocenters. The first kappa shape index (κ1) is 12.2. The van der Waals surface area contributed by atoms with Crippen molar-refractivity contribution in [2.75, 3.05) is 0 Å². The minimum Gasteiger partial charge on any atom is -0.241 e. The van der Waals surface area contributed by atoms with Crippen LogP contribution >= 0.6 is 0 Å². The van der Waals surface area contributed by atoms with Gasteiger partial charge in [-0.15, -0.1) is 0 Å². The molecule has 2 rings (SSSR count). The Morgan fingerprint density at radius 1 is 1.33 bits per heavy atom. The molecule has 1 aromatic heterocycles. The quantitative estimate of drug-likeness (QED) is 0.781. The molecule has 0 amide bonds. The molecule has 0 atom stereocenters. The third-order valence-corrected chi connectivity index (χ3v) is 2.41. The first-order valence-corrected chi connectivity index (χ1v) is 5.05. The minimum atomic E-state index is -4.55. The summed E-state index contributed by atoms with van der Waals surface area (Å²) in [4.78, 5) is 0. The van der Waals surface area contributed by atoms with Crippen molar-refractivity contribution in [1.82, 2.24) is 9.78 Å². The van der Waals surface area contributed by atoms with Gasteiger partial charge in [-0.05, 0) is 30.7 Å². The molecule has 6 heteroatoms. The second-order valence-corrected chi connectivity index (χ2v) is 3.80. The fraction of sp³-hybridized carbons (Fsp3) is 0.167. The van der Waals surface area contributed by atoms with Crippen molar-refractivity contribution in [2.24, 2.45) is 0 Å². The number of halogens is 3. The highest BCUT2D eigenvalue weighted by Gasteiger charge is 2.34. The van der Waals surface area contributed by atoms with Gasteiger partial charge in [0.15, 0.2) is 0 Å². The van der Waals surface area contributed by atoms with Crippen molar-refractivity contribution in [2.45, 2.75) is 13.1 Å². The number of nitrogens with zero attached hydrogens (tertiary/aromatic N) is 3. The Morgan fingerprint density at radius 3 is 2.56 bits per heavy atom. The summed E-state index contributed by atoms with van der Waals surface area (Å²) in [6.07, 6.45) is -1.39. The van der Waals surface area contributed by atoms with Crippen molar-refractivity contribution >= 4 is 0 Å². The number of nitriles is 1. The molecule has 0 aliphatic heterocycles. The first-order valence-electron chi connectivity index (χ1n) is 5.05. The second kappa shape index (κ2) is 4.18. The van der Waals surface area contributed by atoms with Gasteiger partial charge in [-0.3, -0.25) is 0 Å². The van der Waals surface area contributed by atoms with E-state index < -0.39 is 17.3 Å². The number of aryl methyl sites for hydroxylation is 1. The minimum absolute atomic E-state index is 0.273. The Labute approximate surface area is 101 Å². The van der Waals surface area contributed by atoms with Gasteiger partial charge in [0, 0.05) is 6.20 Å². The molecule has 92 valence electrons. The largest absolute Gasteiger partial charge is 0.417 e. The Hall–Kier alpha value is -2.29. The maximum atomic E-state index is 12.8. The number of aromatic nitrogens is 2. The van der Waals surface area contributed by atoms with Crippen LogP contribution in [0.25, 0.3) is 5.69 Å². The molecule has 0 aliphatic rings. The maximum absolute atomic E-state index is 12.8. The predicted molar refractivity (Wildman–Crippen MR) is 58.0 cm³/mol. The van der Waals surface area contributed by atoms with Crippen molar-refractivity contribution in [3.05, 3.63) is 47.3 Å². The van der Waals surface area contributed by atoms with Crippen molar-refractivity contribution in [3.8, 4) is 11.8 Å². The lowest BCUT2D eigenvalue weighted by Crippen LogP contribution is -2.09. The zero-order valence-electron chi connectivity index (χ0n) is 9.36. The average molecular weight is 251 g/mol. The molecule has 0 saturated heterocycles. The fourth-order valence-electron chi connectivity index (χ4n) is 1.56. The Kier molecular flexibility index (Phi) is 2.83.